The Balaban J connectivity index is 3.25. The summed E-state index contributed by atoms with van der Waals surface area (Å²) in [7, 11) is 6.27. The Morgan fingerprint density at radius 2 is 1.92 bits per heavy atom. The second-order valence-corrected chi connectivity index (χ2v) is 4.25. The lowest BCUT2D eigenvalue weighted by atomic mass is 10.3. The molecule has 1 atom stereocenters. The molecule has 0 aromatic carbocycles. The fraction of sp³-hybridized carbons (Fsp3) is 1.00. The molecule has 0 bridgehead atoms. The molecule has 0 aromatic rings. The Morgan fingerprint density at radius 3 is 2.38 bits per heavy atom. The van der Waals surface area contributed by atoms with E-state index in [9.17, 15) is 5.11 Å². The van der Waals surface area contributed by atoms with Crippen molar-refractivity contribution in [1.82, 2.24) is 0 Å². The molecule has 0 fully saturated rings. The van der Waals surface area contributed by atoms with Gasteiger partial charge in [0.1, 0.15) is 6.54 Å². The van der Waals surface area contributed by atoms with Gasteiger partial charge in [-0.3, -0.25) is 0 Å². The first kappa shape index (κ1) is 12.8. The second kappa shape index (κ2) is 6.32. The van der Waals surface area contributed by atoms with Crippen LogP contribution >= 0.6 is 0 Å². The number of rotatable bonds is 7. The van der Waals surface area contributed by atoms with Gasteiger partial charge in [-0.1, -0.05) is 0 Å². The molecule has 0 radical (unpaired) electrons. The maximum atomic E-state index is 9.19. The van der Waals surface area contributed by atoms with Gasteiger partial charge in [0.2, 0.25) is 0 Å². The maximum absolute atomic E-state index is 9.19. The number of ether oxygens (including phenoxy) is 1. The molecule has 1 unspecified atom stereocenters. The van der Waals surface area contributed by atoms with E-state index in [0.29, 0.717) is 19.6 Å². The van der Waals surface area contributed by atoms with E-state index in [4.69, 9.17) is 9.84 Å². The number of nitrogens with zero attached hydrogens (tertiary/aromatic N) is 1. The summed E-state index contributed by atoms with van der Waals surface area (Å²) < 4.78 is 6.10. The number of aliphatic hydroxyl groups is 2. The lowest BCUT2D eigenvalue weighted by Crippen LogP contribution is -2.38. The number of quaternary nitrogens is 1. The molecule has 0 amide bonds. The van der Waals surface area contributed by atoms with Crippen molar-refractivity contribution in [1.29, 1.82) is 0 Å². The van der Waals surface area contributed by atoms with Crippen LogP contribution in [0.4, 0.5) is 0 Å². The van der Waals surface area contributed by atoms with Gasteiger partial charge in [-0.2, -0.15) is 0 Å². The van der Waals surface area contributed by atoms with Crippen molar-refractivity contribution < 1.29 is 19.4 Å². The third-order valence-corrected chi connectivity index (χ3v) is 1.68. The van der Waals surface area contributed by atoms with Crippen molar-refractivity contribution in [3.63, 3.8) is 0 Å². The van der Waals surface area contributed by atoms with Crippen molar-refractivity contribution in [2.24, 2.45) is 0 Å². The monoisotopic (exact) mass is 192 g/mol. The maximum Gasteiger partial charge on any atom is 0.102 e. The zero-order chi connectivity index (χ0) is 10.3. The Morgan fingerprint density at radius 1 is 1.31 bits per heavy atom. The molecule has 0 aliphatic heterocycles. The third kappa shape index (κ3) is 9.76. The molecular weight excluding hydrogens is 170 g/mol. The van der Waals surface area contributed by atoms with Gasteiger partial charge in [0.15, 0.2) is 0 Å². The average molecular weight is 192 g/mol. The van der Waals surface area contributed by atoms with Crippen LogP contribution < -0.4 is 0 Å². The van der Waals surface area contributed by atoms with Crippen molar-refractivity contribution >= 4 is 0 Å². The van der Waals surface area contributed by atoms with Gasteiger partial charge in [0, 0.05) is 6.61 Å². The highest BCUT2D eigenvalue weighted by Gasteiger charge is 2.07. The van der Waals surface area contributed by atoms with Gasteiger partial charge in [0.05, 0.1) is 40.5 Å². The van der Waals surface area contributed by atoms with E-state index in [1.165, 1.54) is 0 Å². The summed E-state index contributed by atoms with van der Waals surface area (Å²) in [5, 5.41) is 17.7. The minimum Gasteiger partial charge on any atom is -0.396 e. The van der Waals surface area contributed by atoms with Crippen LogP contribution in [0, 0.1) is 0 Å². The van der Waals surface area contributed by atoms with Gasteiger partial charge in [0.25, 0.3) is 0 Å². The Bertz CT molecular complexity index is 123. The summed E-state index contributed by atoms with van der Waals surface area (Å²) >= 11 is 0. The molecule has 0 saturated carbocycles. The third-order valence-electron chi connectivity index (χ3n) is 1.68. The highest BCUT2D eigenvalue weighted by Crippen LogP contribution is 1.93. The summed E-state index contributed by atoms with van der Waals surface area (Å²) in [6, 6.07) is 0. The quantitative estimate of drug-likeness (QED) is 0.420. The van der Waals surface area contributed by atoms with Crippen LogP contribution in [0.15, 0.2) is 0 Å². The minimum atomic E-state index is -0.530. The molecule has 0 spiro atoms. The zero-order valence-electron chi connectivity index (χ0n) is 8.86. The molecule has 2 N–H and O–H groups in total. The first-order chi connectivity index (χ1) is 5.95. The predicted octanol–water partition coefficient (Wildman–Crippen LogP) is -0.547. The van der Waals surface area contributed by atoms with Crippen LogP contribution in [0.25, 0.3) is 0 Å². The van der Waals surface area contributed by atoms with Crippen molar-refractivity contribution in [2.45, 2.75) is 12.5 Å². The number of hydrogen-bond donors (Lipinski definition) is 2. The Kier molecular flexibility index (Phi) is 6.24. The standard InChI is InChI=1S/C9H22NO3/c1-10(2,3)5-7-13-8-9(12)4-6-11/h9,11-12H,4-8H2,1-3H3/q+1. The lowest BCUT2D eigenvalue weighted by Gasteiger charge is -2.23. The van der Waals surface area contributed by atoms with Crippen LogP contribution in [-0.2, 0) is 4.74 Å². The molecule has 0 aliphatic rings. The van der Waals surface area contributed by atoms with E-state index in [2.05, 4.69) is 21.1 Å². The first-order valence-electron chi connectivity index (χ1n) is 4.63. The Hall–Kier alpha value is -0.160. The SMILES string of the molecule is C[N+](C)(C)CCOCC(O)CCO. The van der Waals surface area contributed by atoms with Crippen LogP contribution in [0.1, 0.15) is 6.42 Å². The zero-order valence-corrected chi connectivity index (χ0v) is 8.86. The predicted molar refractivity (Wildman–Crippen MR) is 51.4 cm³/mol. The molecule has 0 saturated heterocycles. The summed E-state index contributed by atoms with van der Waals surface area (Å²) in [6.45, 7) is 1.90. The highest BCUT2D eigenvalue weighted by atomic mass is 16.5. The van der Waals surface area contributed by atoms with E-state index in [-0.39, 0.29) is 6.61 Å². The van der Waals surface area contributed by atoms with Gasteiger partial charge >= 0.3 is 0 Å². The van der Waals surface area contributed by atoms with Crippen LogP contribution in [0.2, 0.25) is 0 Å². The first-order valence-corrected chi connectivity index (χ1v) is 4.63. The summed E-state index contributed by atoms with van der Waals surface area (Å²) in [5.74, 6) is 0. The molecule has 0 rings (SSSR count). The van der Waals surface area contributed by atoms with Crippen molar-refractivity contribution in [3.05, 3.63) is 0 Å². The smallest absolute Gasteiger partial charge is 0.102 e. The molecule has 4 nitrogen and oxygen atoms in total. The average Bonchev–Trinajstić information content (AvgIpc) is 1.97. The molecule has 80 valence electrons. The number of likely N-dealkylation sites (N-methyl/N-ethyl adjacent to an activating group) is 1. The molecule has 0 aromatic heterocycles. The molecule has 4 heteroatoms. The summed E-state index contributed by atoms with van der Waals surface area (Å²) in [6.07, 6.45) is -0.137. The summed E-state index contributed by atoms with van der Waals surface area (Å²) in [5.41, 5.74) is 0. The van der Waals surface area contributed by atoms with E-state index >= 15 is 0 Å². The fourth-order valence-electron chi connectivity index (χ4n) is 0.790. The second-order valence-electron chi connectivity index (χ2n) is 4.25. The number of hydrogen-bond acceptors (Lipinski definition) is 3. The molecule has 13 heavy (non-hydrogen) atoms. The topological polar surface area (TPSA) is 49.7 Å². The summed E-state index contributed by atoms with van der Waals surface area (Å²) in [4.78, 5) is 0. The van der Waals surface area contributed by atoms with Gasteiger partial charge in [-0.15, -0.1) is 0 Å². The molecule has 0 heterocycles. The van der Waals surface area contributed by atoms with Crippen molar-refractivity contribution in [2.75, 3.05) is 47.5 Å². The lowest BCUT2D eigenvalue weighted by molar-refractivity contribution is -0.870. The van der Waals surface area contributed by atoms with Gasteiger partial charge < -0.3 is 19.4 Å². The van der Waals surface area contributed by atoms with Gasteiger partial charge in [-0.25, -0.2) is 0 Å². The normalized spacial score (nSPS) is 14.5. The number of aliphatic hydroxyl groups excluding tert-OH is 2. The largest absolute Gasteiger partial charge is 0.396 e. The van der Waals surface area contributed by atoms with E-state index in [0.717, 1.165) is 11.0 Å². The van der Waals surface area contributed by atoms with Crippen LogP contribution in [0.3, 0.4) is 0 Å². The molecular formula is C9H22NO3+. The minimum absolute atomic E-state index is 0.0137. The Labute approximate surface area is 80.3 Å². The van der Waals surface area contributed by atoms with E-state index in [1.54, 1.807) is 0 Å². The fourth-order valence-corrected chi connectivity index (χ4v) is 0.790. The van der Waals surface area contributed by atoms with Crippen LogP contribution in [0.5, 0.6) is 0 Å². The van der Waals surface area contributed by atoms with Crippen molar-refractivity contribution in [3.8, 4) is 0 Å². The van der Waals surface area contributed by atoms with Crippen LogP contribution in [-0.4, -0.2) is 68.3 Å². The molecule has 0 aliphatic carbocycles. The highest BCUT2D eigenvalue weighted by molar-refractivity contribution is 4.51. The van der Waals surface area contributed by atoms with E-state index < -0.39 is 6.10 Å². The van der Waals surface area contributed by atoms with E-state index in [1.807, 2.05) is 0 Å². The van der Waals surface area contributed by atoms with Gasteiger partial charge in [-0.05, 0) is 6.42 Å².